The van der Waals surface area contributed by atoms with E-state index in [9.17, 15) is 9.59 Å². The lowest BCUT2D eigenvalue weighted by Crippen LogP contribution is -2.39. The second-order valence-corrected chi connectivity index (χ2v) is 9.08. The van der Waals surface area contributed by atoms with Crippen molar-refractivity contribution < 1.29 is 14.3 Å². The number of carbonyl (C=O) groups is 1. The fraction of sp³-hybridized carbons (Fsp3) is 0.156. The van der Waals surface area contributed by atoms with E-state index >= 15 is 0 Å². The number of para-hydroxylation sites is 4. The van der Waals surface area contributed by atoms with Crippen molar-refractivity contribution in [2.45, 2.75) is 19.5 Å². The summed E-state index contributed by atoms with van der Waals surface area (Å²) in [5.41, 5.74) is 1.82. The lowest BCUT2D eigenvalue weighted by Gasteiger charge is -2.31. The van der Waals surface area contributed by atoms with E-state index < -0.39 is 6.04 Å². The van der Waals surface area contributed by atoms with Gasteiger partial charge in [-0.25, -0.2) is 4.98 Å². The largest absolute Gasteiger partial charge is 0.495 e. The lowest BCUT2D eigenvalue weighted by atomic mass is 10.1. The Morgan fingerprint density at radius 1 is 0.872 bits per heavy atom. The third-order valence-electron chi connectivity index (χ3n) is 6.59. The Morgan fingerprint density at radius 3 is 2.26 bits per heavy atom. The van der Waals surface area contributed by atoms with Crippen LogP contribution in [-0.2, 0) is 11.3 Å². The first-order valence-electron chi connectivity index (χ1n) is 12.7. The van der Waals surface area contributed by atoms with Crippen LogP contribution in [0.4, 0.5) is 0 Å². The third kappa shape index (κ3) is 5.52. The van der Waals surface area contributed by atoms with Crippen molar-refractivity contribution in [3.63, 3.8) is 0 Å². The first kappa shape index (κ1) is 25.7. The van der Waals surface area contributed by atoms with Crippen molar-refractivity contribution in [1.82, 2.24) is 14.5 Å². The van der Waals surface area contributed by atoms with Gasteiger partial charge in [-0.15, -0.1) is 0 Å². The zero-order valence-electron chi connectivity index (χ0n) is 21.9. The van der Waals surface area contributed by atoms with Crippen LogP contribution in [0.1, 0.15) is 24.4 Å². The average Bonchev–Trinajstić information content (AvgIpc) is 2.99. The van der Waals surface area contributed by atoms with E-state index in [-0.39, 0.29) is 18.1 Å². The topological polar surface area (TPSA) is 73.7 Å². The molecule has 7 heteroatoms. The minimum Gasteiger partial charge on any atom is -0.495 e. The summed E-state index contributed by atoms with van der Waals surface area (Å²) < 4.78 is 13.0. The van der Waals surface area contributed by atoms with Gasteiger partial charge in [0.15, 0.2) is 6.61 Å². The summed E-state index contributed by atoms with van der Waals surface area (Å²) in [4.78, 5) is 34.3. The average molecular weight is 520 g/mol. The van der Waals surface area contributed by atoms with Gasteiger partial charge < -0.3 is 14.4 Å². The Balaban J connectivity index is 1.62. The van der Waals surface area contributed by atoms with Crippen LogP contribution in [0.25, 0.3) is 16.6 Å². The van der Waals surface area contributed by atoms with Gasteiger partial charge in [0.25, 0.3) is 11.5 Å². The Bertz CT molecular complexity index is 1630. The van der Waals surface area contributed by atoms with Gasteiger partial charge in [-0.1, -0.05) is 72.8 Å². The predicted octanol–water partition coefficient (Wildman–Crippen LogP) is 5.56. The molecule has 196 valence electrons. The van der Waals surface area contributed by atoms with Crippen molar-refractivity contribution in [2.75, 3.05) is 13.7 Å². The van der Waals surface area contributed by atoms with Gasteiger partial charge in [0, 0.05) is 6.54 Å². The summed E-state index contributed by atoms with van der Waals surface area (Å²) in [6, 6.07) is 32.9. The van der Waals surface area contributed by atoms with E-state index in [0.29, 0.717) is 40.5 Å². The summed E-state index contributed by atoms with van der Waals surface area (Å²) >= 11 is 0. The molecule has 0 saturated heterocycles. The zero-order valence-corrected chi connectivity index (χ0v) is 21.9. The highest BCUT2D eigenvalue weighted by atomic mass is 16.5. The molecule has 0 saturated carbocycles. The molecule has 1 unspecified atom stereocenters. The molecule has 0 spiro atoms. The van der Waals surface area contributed by atoms with Gasteiger partial charge in [0.05, 0.1) is 29.7 Å². The molecule has 0 aliphatic carbocycles. The number of fused-ring (bicyclic) bond motifs is 1. The number of amides is 1. The van der Waals surface area contributed by atoms with Gasteiger partial charge in [0.1, 0.15) is 17.3 Å². The first-order chi connectivity index (χ1) is 19.1. The molecule has 7 nitrogen and oxygen atoms in total. The molecule has 0 bridgehead atoms. The lowest BCUT2D eigenvalue weighted by molar-refractivity contribution is -0.136. The number of nitrogens with zero attached hydrogens (tertiary/aromatic N) is 3. The van der Waals surface area contributed by atoms with E-state index in [1.165, 1.54) is 0 Å². The van der Waals surface area contributed by atoms with Crippen LogP contribution in [0.2, 0.25) is 0 Å². The van der Waals surface area contributed by atoms with Crippen molar-refractivity contribution in [1.29, 1.82) is 0 Å². The smallest absolute Gasteiger partial charge is 0.266 e. The Morgan fingerprint density at radius 2 is 1.51 bits per heavy atom. The fourth-order valence-electron chi connectivity index (χ4n) is 4.58. The minimum atomic E-state index is -0.584. The van der Waals surface area contributed by atoms with Crippen LogP contribution in [0.5, 0.6) is 11.5 Å². The zero-order chi connectivity index (χ0) is 27.2. The molecule has 1 atom stereocenters. The molecule has 5 rings (SSSR count). The minimum absolute atomic E-state index is 0.159. The highest BCUT2D eigenvalue weighted by Crippen LogP contribution is 2.28. The summed E-state index contributed by atoms with van der Waals surface area (Å²) in [7, 11) is 1.56. The van der Waals surface area contributed by atoms with Crippen molar-refractivity contribution in [3.05, 3.63) is 131 Å². The molecule has 0 fully saturated rings. The van der Waals surface area contributed by atoms with Gasteiger partial charge in [-0.05, 0) is 48.9 Å². The van der Waals surface area contributed by atoms with E-state index in [1.807, 2.05) is 97.9 Å². The van der Waals surface area contributed by atoms with Crippen molar-refractivity contribution in [2.24, 2.45) is 0 Å². The molecule has 1 aromatic heterocycles. The Hall–Kier alpha value is -4.91. The predicted molar refractivity (Wildman–Crippen MR) is 151 cm³/mol. The monoisotopic (exact) mass is 519 g/mol. The van der Waals surface area contributed by atoms with E-state index in [4.69, 9.17) is 14.5 Å². The molecule has 1 heterocycles. The van der Waals surface area contributed by atoms with Gasteiger partial charge in [-0.2, -0.15) is 0 Å². The number of hydrogen-bond acceptors (Lipinski definition) is 5. The van der Waals surface area contributed by atoms with Gasteiger partial charge in [0.2, 0.25) is 0 Å². The molecule has 5 aromatic rings. The standard InChI is InChI=1S/C32H29N3O4/c1-23(34(21-24-13-5-3-6-14-24)30(36)22-39-25-15-7-4-8-16-25)31-33-27-18-10-9-17-26(27)32(37)35(31)28-19-11-12-20-29(28)38-2/h3-20,23H,21-22H2,1-2H3. The summed E-state index contributed by atoms with van der Waals surface area (Å²) in [5.74, 6) is 1.32. The molecule has 0 aliphatic heterocycles. The third-order valence-corrected chi connectivity index (χ3v) is 6.59. The Labute approximate surface area is 226 Å². The summed E-state index contributed by atoms with van der Waals surface area (Å²) in [6.45, 7) is 2.03. The summed E-state index contributed by atoms with van der Waals surface area (Å²) in [6.07, 6.45) is 0. The number of aromatic nitrogens is 2. The summed E-state index contributed by atoms with van der Waals surface area (Å²) in [5, 5.41) is 0.479. The van der Waals surface area contributed by atoms with Gasteiger partial charge >= 0.3 is 0 Å². The number of rotatable bonds is 9. The van der Waals surface area contributed by atoms with E-state index in [2.05, 4.69) is 0 Å². The highest BCUT2D eigenvalue weighted by Gasteiger charge is 2.28. The van der Waals surface area contributed by atoms with Crippen LogP contribution >= 0.6 is 0 Å². The maximum Gasteiger partial charge on any atom is 0.266 e. The van der Waals surface area contributed by atoms with Crippen LogP contribution < -0.4 is 15.0 Å². The molecular weight excluding hydrogens is 490 g/mol. The first-order valence-corrected chi connectivity index (χ1v) is 12.7. The SMILES string of the molecule is COc1ccccc1-n1c(C(C)N(Cc2ccccc2)C(=O)COc2ccccc2)nc2ccccc2c1=O. The van der Waals surface area contributed by atoms with E-state index in [0.717, 1.165) is 5.56 Å². The molecule has 0 N–H and O–H groups in total. The molecule has 39 heavy (non-hydrogen) atoms. The number of ether oxygens (including phenoxy) is 2. The second-order valence-electron chi connectivity index (χ2n) is 9.08. The van der Waals surface area contributed by atoms with Crippen LogP contribution in [0, 0.1) is 0 Å². The number of hydrogen-bond donors (Lipinski definition) is 0. The maximum atomic E-state index is 13.9. The van der Waals surface area contributed by atoms with Crippen LogP contribution in [-0.4, -0.2) is 34.1 Å². The number of benzene rings is 4. The molecule has 0 aliphatic rings. The van der Waals surface area contributed by atoms with E-state index in [1.54, 1.807) is 34.8 Å². The second kappa shape index (κ2) is 11.6. The normalized spacial score (nSPS) is 11.6. The maximum absolute atomic E-state index is 13.9. The molecular formula is C32H29N3O4. The van der Waals surface area contributed by atoms with Gasteiger partial charge in [-0.3, -0.25) is 14.2 Å². The Kier molecular flexibility index (Phi) is 7.68. The molecule has 0 radical (unpaired) electrons. The van der Waals surface area contributed by atoms with Crippen molar-refractivity contribution >= 4 is 16.8 Å². The molecule has 4 aromatic carbocycles. The highest BCUT2D eigenvalue weighted by molar-refractivity contribution is 5.80. The van der Waals surface area contributed by atoms with Crippen molar-refractivity contribution in [3.8, 4) is 17.2 Å². The number of methoxy groups -OCH3 is 1. The van der Waals surface area contributed by atoms with Crippen LogP contribution in [0.3, 0.4) is 0 Å². The fourth-order valence-corrected chi connectivity index (χ4v) is 4.58. The quantitative estimate of drug-likeness (QED) is 0.255. The molecule has 1 amide bonds. The number of carbonyl (C=O) groups excluding carboxylic acids is 1. The van der Waals surface area contributed by atoms with Crippen LogP contribution in [0.15, 0.2) is 114 Å².